The van der Waals surface area contributed by atoms with E-state index in [1.165, 1.54) is 25.7 Å². The molecule has 3 nitrogen and oxygen atoms in total. The van der Waals surface area contributed by atoms with Gasteiger partial charge in [0.15, 0.2) is 0 Å². The topological polar surface area (TPSA) is 64.1 Å². The number of nitrogens with two attached hydrogens (primary N) is 2. The van der Waals surface area contributed by atoms with Crippen LogP contribution in [-0.4, -0.2) is 12.1 Å². The summed E-state index contributed by atoms with van der Waals surface area (Å²) in [5.41, 5.74) is 8.62. The van der Waals surface area contributed by atoms with Crippen LogP contribution in [0.2, 0.25) is 0 Å². The zero-order valence-corrected chi connectivity index (χ0v) is 7.22. The van der Waals surface area contributed by atoms with E-state index in [4.69, 9.17) is 11.6 Å². The first-order valence-corrected chi connectivity index (χ1v) is 4.45. The second-order valence-corrected chi connectivity index (χ2v) is 3.64. The van der Waals surface area contributed by atoms with Gasteiger partial charge < -0.3 is 5.73 Å². The highest BCUT2D eigenvalue weighted by molar-refractivity contribution is 4.79. The van der Waals surface area contributed by atoms with Crippen LogP contribution in [-0.2, 0) is 0 Å². The summed E-state index contributed by atoms with van der Waals surface area (Å²) in [6, 6.07) is 0.888. The van der Waals surface area contributed by atoms with Crippen molar-refractivity contribution in [2.24, 2.45) is 17.5 Å². The van der Waals surface area contributed by atoms with Gasteiger partial charge in [0.2, 0.25) is 0 Å². The normalized spacial score (nSPS) is 35.2. The van der Waals surface area contributed by atoms with Crippen molar-refractivity contribution in [1.29, 1.82) is 0 Å². The molecule has 0 aromatic carbocycles. The van der Waals surface area contributed by atoms with Gasteiger partial charge in [-0.05, 0) is 38.5 Å². The van der Waals surface area contributed by atoms with E-state index in [0.717, 1.165) is 5.92 Å². The summed E-state index contributed by atoms with van der Waals surface area (Å²) in [6.45, 7) is 2.10. The summed E-state index contributed by atoms with van der Waals surface area (Å²) in [6.07, 6.45) is 4.82. The van der Waals surface area contributed by atoms with Gasteiger partial charge in [-0.15, -0.1) is 0 Å². The summed E-state index contributed by atoms with van der Waals surface area (Å²) in [5.74, 6) is 6.07. The van der Waals surface area contributed by atoms with E-state index in [9.17, 15) is 0 Å². The third-order valence-electron chi connectivity index (χ3n) is 2.75. The van der Waals surface area contributed by atoms with Crippen LogP contribution in [0.5, 0.6) is 0 Å². The number of hydrazine groups is 1. The molecule has 1 unspecified atom stereocenters. The Kier molecular flexibility index (Phi) is 3.30. The molecule has 3 heteroatoms. The molecular weight excluding hydrogens is 138 g/mol. The third kappa shape index (κ3) is 2.43. The monoisotopic (exact) mass is 157 g/mol. The maximum Gasteiger partial charge on any atom is 0.0210 e. The summed E-state index contributed by atoms with van der Waals surface area (Å²) >= 11 is 0. The van der Waals surface area contributed by atoms with E-state index < -0.39 is 0 Å². The highest BCUT2D eigenvalue weighted by atomic mass is 15.2. The molecule has 0 saturated heterocycles. The largest absolute Gasteiger partial charge is 0.328 e. The van der Waals surface area contributed by atoms with Gasteiger partial charge in [-0.25, -0.2) is 0 Å². The first-order chi connectivity index (χ1) is 5.24. The summed E-state index contributed by atoms with van der Waals surface area (Å²) in [5, 5.41) is 0. The molecule has 0 amide bonds. The molecule has 0 aliphatic heterocycles. The maximum absolute atomic E-state index is 5.80. The van der Waals surface area contributed by atoms with E-state index >= 15 is 0 Å². The molecule has 1 rings (SSSR count). The van der Waals surface area contributed by atoms with Crippen LogP contribution in [0.25, 0.3) is 0 Å². The molecule has 11 heavy (non-hydrogen) atoms. The lowest BCUT2D eigenvalue weighted by atomic mass is 9.83. The Bertz CT molecular complexity index is 106. The molecule has 1 aliphatic rings. The van der Waals surface area contributed by atoms with Gasteiger partial charge in [-0.1, -0.05) is 0 Å². The number of rotatable bonds is 2. The quantitative estimate of drug-likeness (QED) is 0.400. The highest BCUT2D eigenvalue weighted by Gasteiger charge is 2.22. The molecule has 0 heterocycles. The van der Waals surface area contributed by atoms with Crippen molar-refractivity contribution in [3.05, 3.63) is 0 Å². The number of hydrogen-bond acceptors (Lipinski definition) is 3. The lowest BCUT2D eigenvalue weighted by molar-refractivity contribution is 0.267. The second-order valence-electron chi connectivity index (χ2n) is 3.64. The maximum atomic E-state index is 5.80. The van der Waals surface area contributed by atoms with E-state index in [0.29, 0.717) is 12.1 Å². The van der Waals surface area contributed by atoms with Gasteiger partial charge in [0.25, 0.3) is 0 Å². The van der Waals surface area contributed by atoms with E-state index in [2.05, 4.69) is 12.3 Å². The molecule has 0 spiro atoms. The Hall–Kier alpha value is -0.120. The third-order valence-corrected chi connectivity index (χ3v) is 2.75. The SMILES string of the molecule is CC(N)C1CCC(NN)CC1. The van der Waals surface area contributed by atoms with E-state index in [-0.39, 0.29) is 0 Å². The second kappa shape index (κ2) is 4.04. The Labute approximate surface area is 68.5 Å². The highest BCUT2D eigenvalue weighted by Crippen LogP contribution is 2.25. The molecule has 0 aromatic rings. The molecule has 1 atom stereocenters. The van der Waals surface area contributed by atoms with Crippen LogP contribution in [0.3, 0.4) is 0 Å². The van der Waals surface area contributed by atoms with Gasteiger partial charge >= 0.3 is 0 Å². The fraction of sp³-hybridized carbons (Fsp3) is 1.00. The van der Waals surface area contributed by atoms with Crippen LogP contribution in [0.1, 0.15) is 32.6 Å². The molecular formula is C8H19N3. The average molecular weight is 157 g/mol. The van der Waals surface area contributed by atoms with E-state index in [1.54, 1.807) is 0 Å². The molecule has 1 saturated carbocycles. The molecule has 66 valence electrons. The van der Waals surface area contributed by atoms with Crippen LogP contribution < -0.4 is 17.0 Å². The molecule has 1 aliphatic carbocycles. The lowest BCUT2D eigenvalue weighted by Crippen LogP contribution is -2.40. The molecule has 1 fully saturated rings. The standard InChI is InChI=1S/C8H19N3/c1-6(9)7-2-4-8(11-10)5-3-7/h6-8,11H,2-5,9-10H2,1H3. The van der Waals surface area contributed by atoms with Crippen molar-refractivity contribution in [1.82, 2.24) is 5.43 Å². The van der Waals surface area contributed by atoms with Crippen molar-refractivity contribution >= 4 is 0 Å². The Balaban J connectivity index is 2.24. The van der Waals surface area contributed by atoms with Crippen LogP contribution >= 0.6 is 0 Å². The first kappa shape index (κ1) is 8.97. The van der Waals surface area contributed by atoms with Gasteiger partial charge in [0.05, 0.1) is 0 Å². The fourth-order valence-corrected chi connectivity index (χ4v) is 1.81. The fourth-order valence-electron chi connectivity index (χ4n) is 1.81. The Morgan fingerprint density at radius 3 is 2.18 bits per heavy atom. The minimum atomic E-state index is 0.355. The number of hydrogen-bond donors (Lipinski definition) is 3. The van der Waals surface area contributed by atoms with Crippen molar-refractivity contribution in [3.8, 4) is 0 Å². The van der Waals surface area contributed by atoms with Crippen LogP contribution in [0, 0.1) is 5.92 Å². The van der Waals surface area contributed by atoms with Crippen LogP contribution in [0.4, 0.5) is 0 Å². The van der Waals surface area contributed by atoms with Crippen molar-refractivity contribution in [2.45, 2.75) is 44.7 Å². The molecule has 0 radical (unpaired) electrons. The molecule has 0 bridgehead atoms. The zero-order chi connectivity index (χ0) is 8.27. The number of nitrogens with one attached hydrogen (secondary N) is 1. The predicted octanol–water partition coefficient (Wildman–Crippen LogP) is 0.356. The van der Waals surface area contributed by atoms with Crippen molar-refractivity contribution in [2.75, 3.05) is 0 Å². The van der Waals surface area contributed by atoms with Gasteiger partial charge in [-0.3, -0.25) is 11.3 Å². The van der Waals surface area contributed by atoms with Gasteiger partial charge in [0.1, 0.15) is 0 Å². The summed E-state index contributed by atoms with van der Waals surface area (Å²) in [4.78, 5) is 0. The van der Waals surface area contributed by atoms with Crippen molar-refractivity contribution in [3.63, 3.8) is 0 Å². The Morgan fingerprint density at radius 2 is 1.82 bits per heavy atom. The average Bonchev–Trinajstić information content (AvgIpc) is 2.05. The van der Waals surface area contributed by atoms with Crippen molar-refractivity contribution < 1.29 is 0 Å². The Morgan fingerprint density at radius 1 is 1.27 bits per heavy atom. The minimum absolute atomic E-state index is 0.355. The molecule has 0 aromatic heterocycles. The minimum Gasteiger partial charge on any atom is -0.328 e. The van der Waals surface area contributed by atoms with Gasteiger partial charge in [-0.2, -0.15) is 0 Å². The molecule has 5 N–H and O–H groups in total. The zero-order valence-electron chi connectivity index (χ0n) is 7.22. The summed E-state index contributed by atoms with van der Waals surface area (Å²) in [7, 11) is 0. The summed E-state index contributed by atoms with van der Waals surface area (Å²) < 4.78 is 0. The van der Waals surface area contributed by atoms with Crippen LogP contribution in [0.15, 0.2) is 0 Å². The smallest absolute Gasteiger partial charge is 0.0210 e. The first-order valence-electron chi connectivity index (χ1n) is 4.45. The van der Waals surface area contributed by atoms with Gasteiger partial charge in [0, 0.05) is 12.1 Å². The predicted molar refractivity (Wildman–Crippen MR) is 46.7 cm³/mol. The van der Waals surface area contributed by atoms with E-state index in [1.807, 2.05) is 0 Å². The lowest BCUT2D eigenvalue weighted by Gasteiger charge is -2.30.